The molecule has 0 amide bonds. The molecule has 2 heteroatoms. The summed E-state index contributed by atoms with van der Waals surface area (Å²) in [6, 6.07) is 33.7. The van der Waals surface area contributed by atoms with Crippen molar-refractivity contribution in [2.24, 2.45) is 0 Å². The predicted molar refractivity (Wildman–Crippen MR) is 95.7 cm³/mol. The van der Waals surface area contributed by atoms with E-state index in [2.05, 4.69) is 78.9 Å². The molecule has 0 fully saturated rings. The summed E-state index contributed by atoms with van der Waals surface area (Å²) in [5, 5.41) is 9.52. The molecule has 0 saturated carbocycles. The number of hydrogen-bond donors (Lipinski definition) is 0. The van der Waals surface area contributed by atoms with Gasteiger partial charge in [0.2, 0.25) is 0 Å². The Balaban J connectivity index is 2.41. The van der Waals surface area contributed by atoms with Gasteiger partial charge in [0.15, 0.2) is 0 Å². The van der Waals surface area contributed by atoms with Crippen LogP contribution in [0.4, 0.5) is 0 Å². The van der Waals surface area contributed by atoms with Gasteiger partial charge in [0.05, 0.1) is 0 Å². The SMILES string of the molecule is N#CC=[As](c1ccccc1)(c1ccccc1)c1ccccc1. The molecule has 0 aliphatic carbocycles. The zero-order valence-corrected chi connectivity index (χ0v) is 14.0. The molecule has 0 aliphatic rings. The Morgan fingerprint density at radius 2 is 0.909 bits per heavy atom. The average molecular weight is 345 g/mol. The molecule has 0 bridgehead atoms. The third kappa shape index (κ3) is 2.54. The second-order valence-electron chi connectivity index (χ2n) is 4.99. The van der Waals surface area contributed by atoms with Crippen LogP contribution in [0.1, 0.15) is 0 Å². The van der Waals surface area contributed by atoms with Gasteiger partial charge < -0.3 is 0 Å². The molecule has 106 valence electrons. The van der Waals surface area contributed by atoms with Crippen molar-refractivity contribution >= 4 is 31.0 Å². The topological polar surface area (TPSA) is 23.8 Å². The van der Waals surface area contributed by atoms with Crippen molar-refractivity contribution in [2.45, 2.75) is 0 Å². The summed E-state index contributed by atoms with van der Waals surface area (Å²) < 4.78 is 3.79. The summed E-state index contributed by atoms with van der Waals surface area (Å²) in [7, 11) is 0. The van der Waals surface area contributed by atoms with Crippen LogP contribution in [-0.2, 0) is 0 Å². The van der Waals surface area contributed by atoms with Crippen LogP contribution in [0.5, 0.6) is 0 Å². The van der Waals surface area contributed by atoms with Gasteiger partial charge in [-0.3, -0.25) is 0 Å². The zero-order chi connectivity index (χ0) is 15.3. The van der Waals surface area contributed by atoms with E-state index in [9.17, 15) is 5.26 Å². The molecular weight excluding hydrogens is 329 g/mol. The fourth-order valence-corrected chi connectivity index (χ4v) is 9.97. The summed E-state index contributed by atoms with van der Waals surface area (Å²) in [5.74, 6) is 0. The van der Waals surface area contributed by atoms with Crippen LogP contribution in [0.25, 0.3) is 0 Å². The molecule has 3 aromatic rings. The molecule has 22 heavy (non-hydrogen) atoms. The monoisotopic (exact) mass is 345 g/mol. The molecule has 1 nitrogen and oxygen atoms in total. The molecule has 0 aliphatic heterocycles. The van der Waals surface area contributed by atoms with Crippen LogP contribution in [-0.4, -0.2) is 17.9 Å². The third-order valence-electron chi connectivity index (χ3n) is 3.74. The van der Waals surface area contributed by atoms with Crippen LogP contribution in [0.2, 0.25) is 0 Å². The van der Waals surface area contributed by atoms with E-state index in [1.165, 1.54) is 13.1 Å². The van der Waals surface area contributed by atoms with E-state index in [0.29, 0.717) is 0 Å². The Morgan fingerprint density at radius 1 is 0.591 bits per heavy atom. The first-order chi connectivity index (χ1) is 10.9. The van der Waals surface area contributed by atoms with E-state index >= 15 is 0 Å². The van der Waals surface area contributed by atoms with Crippen molar-refractivity contribution in [3.05, 3.63) is 91.0 Å². The molecule has 0 radical (unpaired) electrons. The maximum absolute atomic E-state index is 9.52. The van der Waals surface area contributed by atoms with Crippen molar-refractivity contribution < 1.29 is 0 Å². The van der Waals surface area contributed by atoms with Gasteiger partial charge in [0.25, 0.3) is 0 Å². The second-order valence-corrected chi connectivity index (χ2v) is 11.8. The molecule has 0 N–H and O–H groups in total. The Hall–Kier alpha value is -2.42. The Kier molecular flexibility index (Phi) is 4.33. The van der Waals surface area contributed by atoms with E-state index in [1.54, 1.807) is 0 Å². The van der Waals surface area contributed by atoms with E-state index < -0.39 is 13.1 Å². The normalized spacial score (nSPS) is 10.7. The average Bonchev–Trinajstić information content (AvgIpc) is 2.62. The first kappa shape index (κ1) is 14.5. The quantitative estimate of drug-likeness (QED) is 0.667. The number of rotatable bonds is 3. The standard InChI is InChI=1S/C20H16AsN/c22-17-16-21(18-10-4-1-5-11-18,19-12-6-2-7-13-19)20-14-8-3-9-15-20/h1-16H. The van der Waals surface area contributed by atoms with E-state index in [1.807, 2.05) is 23.0 Å². The second kappa shape index (κ2) is 6.56. The Morgan fingerprint density at radius 3 is 1.18 bits per heavy atom. The van der Waals surface area contributed by atoms with Crippen molar-refractivity contribution in [3.8, 4) is 6.07 Å². The van der Waals surface area contributed by atoms with Crippen LogP contribution in [0.3, 0.4) is 0 Å². The minimum absolute atomic E-state index is 1.26. The summed E-state index contributed by atoms with van der Waals surface area (Å²) in [5.41, 5.74) is 0. The minimum atomic E-state index is -2.85. The van der Waals surface area contributed by atoms with Gasteiger partial charge in [-0.2, -0.15) is 0 Å². The van der Waals surface area contributed by atoms with Gasteiger partial charge in [-0.05, 0) is 0 Å². The molecule has 0 saturated heterocycles. The van der Waals surface area contributed by atoms with Gasteiger partial charge in [-0.25, -0.2) is 0 Å². The first-order valence-corrected chi connectivity index (χ1v) is 11.1. The number of benzene rings is 3. The third-order valence-corrected chi connectivity index (χ3v) is 11.8. The molecular formula is C20H16AsN. The molecule has 3 aromatic carbocycles. The number of hydrogen-bond acceptors (Lipinski definition) is 1. The fourth-order valence-electron chi connectivity index (χ4n) is 2.75. The Bertz CT molecular complexity index is 728. The molecule has 0 unspecified atom stereocenters. The van der Waals surface area contributed by atoms with E-state index in [-0.39, 0.29) is 0 Å². The van der Waals surface area contributed by atoms with Crippen LogP contribution in [0.15, 0.2) is 91.0 Å². The van der Waals surface area contributed by atoms with E-state index in [4.69, 9.17) is 0 Å². The molecule has 3 rings (SSSR count). The molecule has 0 aromatic heterocycles. The van der Waals surface area contributed by atoms with Gasteiger partial charge in [-0.1, -0.05) is 0 Å². The van der Waals surface area contributed by atoms with Crippen LogP contribution < -0.4 is 13.1 Å². The number of nitriles is 1. The molecule has 0 spiro atoms. The zero-order valence-electron chi connectivity index (χ0n) is 12.1. The number of nitrogens with zero attached hydrogens (tertiary/aromatic N) is 1. The predicted octanol–water partition coefficient (Wildman–Crippen LogP) is 2.06. The summed E-state index contributed by atoms with van der Waals surface area (Å²) >= 11 is -2.85. The summed E-state index contributed by atoms with van der Waals surface area (Å²) in [6.45, 7) is 0. The van der Waals surface area contributed by atoms with Crippen LogP contribution >= 0.6 is 0 Å². The Labute approximate surface area is 133 Å². The van der Waals surface area contributed by atoms with Crippen molar-refractivity contribution in [3.63, 3.8) is 0 Å². The van der Waals surface area contributed by atoms with Crippen LogP contribution in [0, 0.1) is 11.3 Å². The van der Waals surface area contributed by atoms with Gasteiger partial charge in [-0.15, -0.1) is 0 Å². The van der Waals surface area contributed by atoms with Gasteiger partial charge in [0, 0.05) is 0 Å². The summed E-state index contributed by atoms with van der Waals surface area (Å²) in [6.07, 6.45) is 0. The van der Waals surface area contributed by atoms with Gasteiger partial charge >= 0.3 is 133 Å². The van der Waals surface area contributed by atoms with Gasteiger partial charge in [0.1, 0.15) is 0 Å². The van der Waals surface area contributed by atoms with E-state index in [0.717, 1.165) is 0 Å². The maximum atomic E-state index is 9.52. The van der Waals surface area contributed by atoms with Crippen molar-refractivity contribution in [2.75, 3.05) is 0 Å². The van der Waals surface area contributed by atoms with Crippen molar-refractivity contribution in [1.82, 2.24) is 0 Å². The first-order valence-electron chi connectivity index (χ1n) is 7.17. The fraction of sp³-hybridized carbons (Fsp3) is 0. The summed E-state index contributed by atoms with van der Waals surface area (Å²) in [4.78, 5) is 1.90. The molecule has 0 heterocycles. The molecule has 0 atom stereocenters. The van der Waals surface area contributed by atoms with Crippen molar-refractivity contribution in [1.29, 1.82) is 5.26 Å².